The van der Waals surface area contributed by atoms with Gasteiger partial charge in [0.2, 0.25) is 0 Å². The summed E-state index contributed by atoms with van der Waals surface area (Å²) in [5.74, 6) is 0.730. The summed E-state index contributed by atoms with van der Waals surface area (Å²) < 4.78 is 0. The van der Waals surface area contributed by atoms with E-state index in [0.29, 0.717) is 5.41 Å². The summed E-state index contributed by atoms with van der Waals surface area (Å²) in [6, 6.07) is 8.34. The zero-order valence-corrected chi connectivity index (χ0v) is 10.5. The molecule has 0 radical (unpaired) electrons. The molecular weight excluding hydrogens is 208 g/mol. The Morgan fingerprint density at radius 2 is 1.94 bits per heavy atom. The van der Waals surface area contributed by atoms with E-state index in [-0.39, 0.29) is 0 Å². The molecule has 0 unspecified atom stereocenters. The van der Waals surface area contributed by atoms with Crippen molar-refractivity contribution in [2.75, 3.05) is 6.54 Å². The molecule has 1 aromatic carbocycles. The summed E-state index contributed by atoms with van der Waals surface area (Å²) in [4.78, 5) is 2.26. The van der Waals surface area contributed by atoms with Gasteiger partial charge < -0.3 is 4.90 Å². The first-order valence-electron chi connectivity index (χ1n) is 6.60. The minimum Gasteiger partial charge on any atom is -0.352 e. The number of fused-ring (bicyclic) bond motifs is 1. The topological polar surface area (TPSA) is 27.1 Å². The monoisotopic (exact) mass is 228 g/mol. The molecule has 1 N–H and O–H groups in total. The molecule has 1 saturated carbocycles. The molecular formula is C15H20N2. The number of nitrogens with zero attached hydrogens (tertiary/aromatic N) is 1. The minimum absolute atomic E-state index is 0.439. The third kappa shape index (κ3) is 1.86. The smallest absolute Gasteiger partial charge is 0.128 e. The first-order chi connectivity index (χ1) is 8.18. The third-order valence-corrected chi connectivity index (χ3v) is 4.33. The molecule has 0 saturated heterocycles. The number of hydrogen-bond donors (Lipinski definition) is 1. The lowest BCUT2D eigenvalue weighted by Crippen LogP contribution is -2.34. The molecule has 0 amide bonds. The Kier molecular flexibility index (Phi) is 2.46. The molecule has 1 heterocycles. The van der Waals surface area contributed by atoms with E-state index in [1.54, 1.807) is 0 Å². The van der Waals surface area contributed by atoms with E-state index in [1.807, 2.05) is 6.07 Å². The van der Waals surface area contributed by atoms with Crippen LogP contribution in [0.5, 0.6) is 0 Å². The second-order valence-corrected chi connectivity index (χ2v) is 5.88. The summed E-state index contributed by atoms with van der Waals surface area (Å²) >= 11 is 0. The lowest BCUT2D eigenvalue weighted by Gasteiger charge is -2.30. The predicted octanol–water partition coefficient (Wildman–Crippen LogP) is 3.41. The van der Waals surface area contributed by atoms with Crippen molar-refractivity contribution >= 4 is 5.84 Å². The average Bonchev–Trinajstić information content (AvgIpc) is 2.86. The van der Waals surface area contributed by atoms with Gasteiger partial charge in [-0.3, -0.25) is 5.41 Å². The van der Waals surface area contributed by atoms with Crippen LogP contribution >= 0.6 is 0 Å². The highest BCUT2D eigenvalue weighted by atomic mass is 15.2. The van der Waals surface area contributed by atoms with E-state index >= 15 is 0 Å². The first kappa shape index (κ1) is 10.8. The van der Waals surface area contributed by atoms with Crippen LogP contribution in [-0.2, 0) is 6.54 Å². The molecule has 1 fully saturated rings. The van der Waals surface area contributed by atoms with E-state index in [0.717, 1.165) is 24.5 Å². The Hall–Kier alpha value is -1.31. The van der Waals surface area contributed by atoms with Gasteiger partial charge >= 0.3 is 0 Å². The molecule has 3 rings (SSSR count). The summed E-state index contributed by atoms with van der Waals surface area (Å²) in [6.45, 7) is 4.38. The number of hydrogen-bond acceptors (Lipinski definition) is 1. The largest absolute Gasteiger partial charge is 0.352 e. The van der Waals surface area contributed by atoms with Gasteiger partial charge in [0, 0.05) is 18.7 Å². The van der Waals surface area contributed by atoms with E-state index in [2.05, 4.69) is 30.0 Å². The van der Waals surface area contributed by atoms with Gasteiger partial charge in [-0.25, -0.2) is 0 Å². The number of rotatable bonds is 2. The number of amidine groups is 1. The molecule has 2 heteroatoms. The normalized spacial score (nSPS) is 21.9. The number of nitrogens with one attached hydrogen (secondary N) is 1. The van der Waals surface area contributed by atoms with Crippen molar-refractivity contribution in [3.63, 3.8) is 0 Å². The molecule has 1 aliphatic carbocycles. The second-order valence-electron chi connectivity index (χ2n) is 5.88. The van der Waals surface area contributed by atoms with Crippen molar-refractivity contribution in [3.05, 3.63) is 35.4 Å². The van der Waals surface area contributed by atoms with Gasteiger partial charge in [0.15, 0.2) is 0 Å². The Morgan fingerprint density at radius 1 is 1.24 bits per heavy atom. The first-order valence-corrected chi connectivity index (χ1v) is 6.60. The number of benzene rings is 1. The van der Waals surface area contributed by atoms with Crippen LogP contribution in [0.25, 0.3) is 0 Å². The van der Waals surface area contributed by atoms with Crippen LogP contribution in [0, 0.1) is 10.8 Å². The molecule has 1 aromatic rings. The molecule has 0 spiro atoms. The Labute approximate surface area is 103 Å². The Morgan fingerprint density at radius 3 is 2.65 bits per heavy atom. The lowest BCUT2D eigenvalue weighted by molar-refractivity contribution is 0.235. The van der Waals surface area contributed by atoms with E-state index in [9.17, 15) is 0 Å². The Bertz CT molecular complexity index is 444. The fourth-order valence-corrected chi connectivity index (χ4v) is 3.33. The van der Waals surface area contributed by atoms with Gasteiger partial charge in [-0.2, -0.15) is 0 Å². The van der Waals surface area contributed by atoms with Gasteiger partial charge in [0.05, 0.1) is 0 Å². The van der Waals surface area contributed by atoms with Crippen molar-refractivity contribution in [2.24, 2.45) is 5.41 Å². The third-order valence-electron chi connectivity index (χ3n) is 4.33. The fraction of sp³-hybridized carbons (Fsp3) is 0.533. The Balaban J connectivity index is 1.78. The van der Waals surface area contributed by atoms with Gasteiger partial charge in [-0.15, -0.1) is 0 Å². The zero-order valence-electron chi connectivity index (χ0n) is 10.5. The molecule has 0 atom stereocenters. The van der Waals surface area contributed by atoms with Crippen LogP contribution in [0.4, 0.5) is 0 Å². The standard InChI is InChI=1S/C15H20N2/c1-15(8-4-5-9-15)11-17-10-12-6-2-3-7-13(12)14(17)16/h2-3,6-7,16H,4-5,8-11H2,1H3. The van der Waals surface area contributed by atoms with Gasteiger partial charge in [0.25, 0.3) is 0 Å². The van der Waals surface area contributed by atoms with E-state index in [1.165, 1.54) is 31.2 Å². The van der Waals surface area contributed by atoms with Crippen LogP contribution in [0.2, 0.25) is 0 Å². The van der Waals surface area contributed by atoms with Crippen molar-refractivity contribution in [1.29, 1.82) is 5.41 Å². The quantitative estimate of drug-likeness (QED) is 0.825. The summed E-state index contributed by atoms with van der Waals surface area (Å²) in [5.41, 5.74) is 2.89. The highest BCUT2D eigenvalue weighted by Gasteiger charge is 2.34. The summed E-state index contributed by atoms with van der Waals surface area (Å²) in [6.07, 6.45) is 5.38. The van der Waals surface area contributed by atoms with E-state index in [4.69, 9.17) is 5.41 Å². The van der Waals surface area contributed by atoms with Gasteiger partial charge in [0.1, 0.15) is 5.84 Å². The molecule has 0 aromatic heterocycles. The molecule has 90 valence electrons. The maximum atomic E-state index is 8.26. The van der Waals surface area contributed by atoms with Crippen LogP contribution < -0.4 is 0 Å². The van der Waals surface area contributed by atoms with Gasteiger partial charge in [-0.05, 0) is 23.8 Å². The lowest BCUT2D eigenvalue weighted by atomic mass is 9.88. The van der Waals surface area contributed by atoms with Crippen LogP contribution in [0.1, 0.15) is 43.7 Å². The molecule has 2 nitrogen and oxygen atoms in total. The molecule has 1 aliphatic heterocycles. The highest BCUT2D eigenvalue weighted by molar-refractivity contribution is 6.00. The average molecular weight is 228 g/mol. The maximum absolute atomic E-state index is 8.26. The molecule has 17 heavy (non-hydrogen) atoms. The molecule has 2 aliphatic rings. The van der Waals surface area contributed by atoms with Crippen molar-refractivity contribution in [1.82, 2.24) is 4.90 Å². The minimum atomic E-state index is 0.439. The van der Waals surface area contributed by atoms with Gasteiger partial charge in [-0.1, -0.05) is 44.0 Å². The van der Waals surface area contributed by atoms with Crippen molar-refractivity contribution in [2.45, 2.75) is 39.2 Å². The SMILES string of the molecule is CC1(CN2Cc3ccccc3C2=N)CCCC1. The summed E-state index contributed by atoms with van der Waals surface area (Å²) in [7, 11) is 0. The van der Waals surface area contributed by atoms with Crippen molar-refractivity contribution < 1.29 is 0 Å². The zero-order chi connectivity index (χ0) is 11.9. The highest BCUT2D eigenvalue weighted by Crippen LogP contribution is 2.39. The second kappa shape index (κ2) is 3.86. The van der Waals surface area contributed by atoms with Crippen LogP contribution in [-0.4, -0.2) is 17.3 Å². The van der Waals surface area contributed by atoms with Crippen LogP contribution in [0.15, 0.2) is 24.3 Å². The fourth-order valence-electron chi connectivity index (χ4n) is 3.33. The molecule has 0 bridgehead atoms. The van der Waals surface area contributed by atoms with Crippen molar-refractivity contribution in [3.8, 4) is 0 Å². The maximum Gasteiger partial charge on any atom is 0.128 e. The predicted molar refractivity (Wildman–Crippen MR) is 70.3 cm³/mol. The summed E-state index contributed by atoms with van der Waals surface area (Å²) in [5, 5.41) is 8.26. The van der Waals surface area contributed by atoms with Crippen LogP contribution in [0.3, 0.4) is 0 Å². The van der Waals surface area contributed by atoms with E-state index < -0.39 is 0 Å².